The van der Waals surface area contributed by atoms with Gasteiger partial charge in [0.2, 0.25) is 10.0 Å². The Kier molecular flexibility index (Phi) is 4.91. The summed E-state index contributed by atoms with van der Waals surface area (Å²) in [5.41, 5.74) is 0. The van der Waals surface area contributed by atoms with Crippen LogP contribution in [0.4, 0.5) is 0 Å². The average molecular weight is 314 g/mol. The molecule has 3 saturated carbocycles. The van der Waals surface area contributed by atoms with E-state index in [1.165, 1.54) is 38.5 Å². The van der Waals surface area contributed by atoms with Crippen molar-refractivity contribution in [3.63, 3.8) is 0 Å². The molecule has 0 aromatic carbocycles. The molecule has 3 aliphatic carbocycles. The van der Waals surface area contributed by atoms with Gasteiger partial charge in [0.15, 0.2) is 0 Å². The van der Waals surface area contributed by atoms with Gasteiger partial charge >= 0.3 is 0 Å². The molecule has 122 valence electrons. The second kappa shape index (κ2) is 6.55. The van der Waals surface area contributed by atoms with Crippen molar-refractivity contribution in [1.29, 1.82) is 0 Å². The van der Waals surface area contributed by atoms with Gasteiger partial charge in [0.1, 0.15) is 0 Å². The highest BCUT2D eigenvalue weighted by molar-refractivity contribution is 7.89. The standard InChI is InChI=1S/C16H30N2O2S/c1-12(16-11-13-4-5-14(16)10-13)18-21(19,20)9-3-2-8-17-15-6-7-15/h12-18H,2-11H2,1H3. The fourth-order valence-corrected chi connectivity index (χ4v) is 5.79. The summed E-state index contributed by atoms with van der Waals surface area (Å²) in [5, 5.41) is 3.43. The predicted molar refractivity (Wildman–Crippen MR) is 85.6 cm³/mol. The summed E-state index contributed by atoms with van der Waals surface area (Å²) in [4.78, 5) is 0. The van der Waals surface area contributed by atoms with Crippen LogP contribution in [0.3, 0.4) is 0 Å². The molecule has 3 fully saturated rings. The van der Waals surface area contributed by atoms with E-state index in [-0.39, 0.29) is 11.8 Å². The largest absolute Gasteiger partial charge is 0.314 e. The molecule has 3 rings (SSSR count). The Morgan fingerprint density at radius 3 is 2.52 bits per heavy atom. The van der Waals surface area contributed by atoms with Crippen LogP contribution >= 0.6 is 0 Å². The van der Waals surface area contributed by atoms with Crippen LogP contribution in [0.2, 0.25) is 0 Å². The van der Waals surface area contributed by atoms with E-state index in [4.69, 9.17) is 0 Å². The first-order valence-electron chi connectivity index (χ1n) is 8.77. The molecule has 0 aromatic heterocycles. The Bertz CT molecular complexity index is 447. The summed E-state index contributed by atoms with van der Waals surface area (Å²) in [5.74, 6) is 2.51. The molecule has 0 heterocycles. The van der Waals surface area contributed by atoms with E-state index < -0.39 is 10.0 Å². The minimum absolute atomic E-state index is 0.120. The lowest BCUT2D eigenvalue weighted by Crippen LogP contribution is -2.41. The van der Waals surface area contributed by atoms with E-state index >= 15 is 0 Å². The molecule has 21 heavy (non-hydrogen) atoms. The van der Waals surface area contributed by atoms with Crippen molar-refractivity contribution in [3.8, 4) is 0 Å². The van der Waals surface area contributed by atoms with Crippen LogP contribution < -0.4 is 10.0 Å². The number of nitrogens with one attached hydrogen (secondary N) is 2. The molecule has 3 aliphatic rings. The van der Waals surface area contributed by atoms with Crippen molar-refractivity contribution in [3.05, 3.63) is 0 Å². The molecule has 0 saturated heterocycles. The molecule has 5 heteroatoms. The molecular weight excluding hydrogens is 284 g/mol. The highest BCUT2D eigenvalue weighted by Crippen LogP contribution is 2.49. The molecule has 4 atom stereocenters. The van der Waals surface area contributed by atoms with E-state index in [1.54, 1.807) is 0 Å². The molecule has 0 aromatic rings. The second-order valence-corrected chi connectivity index (χ2v) is 9.37. The summed E-state index contributed by atoms with van der Waals surface area (Å²) in [6, 6.07) is 0.840. The number of rotatable bonds is 9. The smallest absolute Gasteiger partial charge is 0.211 e. The minimum Gasteiger partial charge on any atom is -0.314 e. The molecule has 0 amide bonds. The minimum atomic E-state index is -3.10. The zero-order valence-electron chi connectivity index (χ0n) is 13.2. The maximum absolute atomic E-state index is 12.2. The summed E-state index contributed by atoms with van der Waals surface area (Å²) >= 11 is 0. The summed E-state index contributed by atoms with van der Waals surface area (Å²) < 4.78 is 27.3. The van der Waals surface area contributed by atoms with Gasteiger partial charge in [-0.05, 0) is 76.2 Å². The highest BCUT2D eigenvalue weighted by atomic mass is 32.2. The Hall–Kier alpha value is -0.130. The molecule has 0 aliphatic heterocycles. The van der Waals surface area contributed by atoms with Crippen molar-refractivity contribution in [2.24, 2.45) is 17.8 Å². The van der Waals surface area contributed by atoms with Gasteiger partial charge in [0.25, 0.3) is 0 Å². The van der Waals surface area contributed by atoms with Crippen molar-refractivity contribution in [1.82, 2.24) is 10.0 Å². The zero-order valence-corrected chi connectivity index (χ0v) is 14.0. The molecular formula is C16H30N2O2S. The first-order chi connectivity index (χ1) is 10.0. The molecule has 4 nitrogen and oxygen atoms in total. The summed E-state index contributed by atoms with van der Waals surface area (Å²) in [7, 11) is -3.10. The number of fused-ring (bicyclic) bond motifs is 2. The number of hydrogen-bond donors (Lipinski definition) is 2. The van der Waals surface area contributed by atoms with Gasteiger partial charge in [-0.25, -0.2) is 13.1 Å². The summed E-state index contributed by atoms with van der Waals surface area (Å²) in [6.45, 7) is 3.03. The monoisotopic (exact) mass is 314 g/mol. The highest BCUT2D eigenvalue weighted by Gasteiger charge is 2.42. The van der Waals surface area contributed by atoms with E-state index in [0.717, 1.165) is 37.3 Å². The van der Waals surface area contributed by atoms with E-state index in [0.29, 0.717) is 5.92 Å². The van der Waals surface area contributed by atoms with E-state index in [1.807, 2.05) is 0 Å². The van der Waals surface area contributed by atoms with Gasteiger partial charge in [-0.1, -0.05) is 6.42 Å². The number of unbranched alkanes of at least 4 members (excludes halogenated alkanes) is 1. The lowest BCUT2D eigenvalue weighted by molar-refractivity contribution is 0.280. The van der Waals surface area contributed by atoms with Crippen LogP contribution in [0.25, 0.3) is 0 Å². The SMILES string of the molecule is CC(NS(=O)(=O)CCCCNC1CC1)C1CC2CCC1C2. The Morgan fingerprint density at radius 2 is 1.90 bits per heavy atom. The second-order valence-electron chi connectivity index (χ2n) is 7.50. The van der Waals surface area contributed by atoms with Gasteiger partial charge in [-0.2, -0.15) is 0 Å². The molecule has 0 radical (unpaired) electrons. The van der Waals surface area contributed by atoms with Crippen LogP contribution in [-0.2, 0) is 10.0 Å². The van der Waals surface area contributed by atoms with Gasteiger partial charge < -0.3 is 5.32 Å². The lowest BCUT2D eigenvalue weighted by atomic mass is 9.84. The van der Waals surface area contributed by atoms with E-state index in [2.05, 4.69) is 17.0 Å². The van der Waals surface area contributed by atoms with Crippen LogP contribution in [0.1, 0.15) is 58.3 Å². The molecule has 2 N–H and O–H groups in total. The Morgan fingerprint density at radius 1 is 1.10 bits per heavy atom. The third-order valence-corrected chi connectivity index (χ3v) is 7.21. The molecule has 4 unspecified atom stereocenters. The first-order valence-corrected chi connectivity index (χ1v) is 10.4. The Labute approximate surface area is 129 Å². The van der Waals surface area contributed by atoms with Crippen LogP contribution in [0.5, 0.6) is 0 Å². The van der Waals surface area contributed by atoms with Crippen molar-refractivity contribution in [2.75, 3.05) is 12.3 Å². The van der Waals surface area contributed by atoms with Crippen LogP contribution in [-0.4, -0.2) is 32.8 Å². The van der Waals surface area contributed by atoms with Gasteiger partial charge in [-0.15, -0.1) is 0 Å². The quantitative estimate of drug-likeness (QED) is 0.642. The predicted octanol–water partition coefficient (Wildman–Crippen LogP) is 2.26. The van der Waals surface area contributed by atoms with Crippen molar-refractivity contribution < 1.29 is 8.42 Å². The van der Waals surface area contributed by atoms with Crippen LogP contribution in [0, 0.1) is 17.8 Å². The third-order valence-electron chi connectivity index (χ3n) is 5.65. The fourth-order valence-electron chi connectivity index (χ4n) is 4.35. The molecule has 0 spiro atoms. The fraction of sp³-hybridized carbons (Fsp3) is 1.00. The lowest BCUT2D eigenvalue weighted by Gasteiger charge is -2.28. The number of hydrogen-bond acceptors (Lipinski definition) is 3. The molecule has 2 bridgehead atoms. The van der Waals surface area contributed by atoms with Gasteiger partial charge in [0.05, 0.1) is 5.75 Å². The zero-order chi connectivity index (χ0) is 14.9. The van der Waals surface area contributed by atoms with Crippen molar-refractivity contribution in [2.45, 2.75) is 70.4 Å². The maximum Gasteiger partial charge on any atom is 0.211 e. The first kappa shape index (κ1) is 15.8. The maximum atomic E-state index is 12.2. The normalized spacial score (nSPS) is 33.5. The van der Waals surface area contributed by atoms with E-state index in [9.17, 15) is 8.42 Å². The summed E-state index contributed by atoms with van der Waals surface area (Å²) in [6.07, 6.45) is 9.56. The third kappa shape index (κ3) is 4.42. The van der Waals surface area contributed by atoms with Gasteiger partial charge in [0, 0.05) is 12.1 Å². The number of sulfonamides is 1. The topological polar surface area (TPSA) is 58.2 Å². The Balaban J connectivity index is 1.36. The average Bonchev–Trinajstić information content (AvgIpc) is 3.00. The van der Waals surface area contributed by atoms with Gasteiger partial charge in [-0.3, -0.25) is 0 Å². The van der Waals surface area contributed by atoms with Crippen LogP contribution in [0.15, 0.2) is 0 Å². The van der Waals surface area contributed by atoms with Crippen molar-refractivity contribution >= 4 is 10.0 Å².